The molecule has 2 aliphatic rings. The minimum Gasteiger partial charge on any atom is -0.353 e. The lowest BCUT2D eigenvalue weighted by atomic mass is 10.0. The summed E-state index contributed by atoms with van der Waals surface area (Å²) in [5, 5.41) is 3.26. The van der Waals surface area contributed by atoms with Crippen molar-refractivity contribution in [2.45, 2.75) is 23.8 Å². The monoisotopic (exact) mass is 447 g/mol. The van der Waals surface area contributed by atoms with Crippen LogP contribution < -0.4 is 10.2 Å². The zero-order valence-corrected chi connectivity index (χ0v) is 18.0. The van der Waals surface area contributed by atoms with E-state index in [-0.39, 0.29) is 36.8 Å². The van der Waals surface area contributed by atoms with Crippen LogP contribution >= 0.6 is 23.4 Å². The van der Waals surface area contributed by atoms with Crippen molar-refractivity contribution in [1.29, 1.82) is 0 Å². The number of benzene rings is 2. The van der Waals surface area contributed by atoms with Crippen LogP contribution in [-0.4, -0.2) is 48.6 Å². The predicted octanol–water partition coefficient (Wildman–Crippen LogP) is 3.87. The fourth-order valence-electron chi connectivity index (χ4n) is 4.03. The number of nitrogens with one attached hydrogen (secondary N) is 1. The molecule has 1 N–H and O–H groups in total. The lowest BCUT2D eigenvalue weighted by Gasteiger charge is -2.31. The number of para-hydroxylation sites is 1. The van der Waals surface area contributed by atoms with Crippen molar-refractivity contribution >= 4 is 40.9 Å². The number of carbonyl (C=O) groups excluding carboxylic acids is 2. The second kappa shape index (κ2) is 9.37. The van der Waals surface area contributed by atoms with Gasteiger partial charge >= 0.3 is 0 Å². The standard InChI is InChI=1S/C22H23ClFN3O2S/c23-15-6-5-7-16(24)22(15)18(26-10-3-4-11-26)12-25-20(28)13-27-17-8-1-2-9-19(17)30-14-21(27)29/h1-2,5-9,18H,3-4,10-14H2,(H,25,28). The molecule has 158 valence electrons. The highest BCUT2D eigenvalue weighted by atomic mass is 35.5. The fraction of sp³-hybridized carbons (Fsp3) is 0.364. The van der Waals surface area contributed by atoms with Crippen molar-refractivity contribution in [2.24, 2.45) is 0 Å². The Bertz CT molecular complexity index is 931. The number of rotatable bonds is 6. The topological polar surface area (TPSA) is 52.7 Å². The molecule has 2 aliphatic heterocycles. The lowest BCUT2D eigenvalue weighted by molar-refractivity contribution is -0.123. The molecule has 0 bridgehead atoms. The number of fused-ring (bicyclic) bond motifs is 1. The Kier molecular flexibility index (Phi) is 6.61. The third-order valence-electron chi connectivity index (χ3n) is 5.52. The Morgan fingerprint density at radius 2 is 1.93 bits per heavy atom. The van der Waals surface area contributed by atoms with Gasteiger partial charge in [0.1, 0.15) is 12.4 Å². The first-order valence-corrected chi connectivity index (χ1v) is 11.4. The van der Waals surface area contributed by atoms with Crippen LogP contribution in [0.2, 0.25) is 5.02 Å². The van der Waals surface area contributed by atoms with E-state index in [1.54, 1.807) is 12.1 Å². The van der Waals surface area contributed by atoms with E-state index >= 15 is 0 Å². The van der Waals surface area contributed by atoms with Gasteiger partial charge < -0.3 is 10.2 Å². The molecule has 0 saturated carbocycles. The first-order valence-electron chi connectivity index (χ1n) is 10.0. The molecule has 0 aliphatic carbocycles. The highest BCUT2D eigenvalue weighted by molar-refractivity contribution is 8.00. The van der Waals surface area contributed by atoms with Gasteiger partial charge in [0.15, 0.2) is 0 Å². The molecule has 1 saturated heterocycles. The molecule has 2 aromatic rings. The number of anilines is 1. The lowest BCUT2D eigenvalue weighted by Crippen LogP contribution is -2.45. The van der Waals surface area contributed by atoms with Crippen LogP contribution in [0.5, 0.6) is 0 Å². The summed E-state index contributed by atoms with van der Waals surface area (Å²) in [7, 11) is 0. The van der Waals surface area contributed by atoms with E-state index in [1.807, 2.05) is 24.3 Å². The number of hydrogen-bond donors (Lipinski definition) is 1. The summed E-state index contributed by atoms with van der Waals surface area (Å²) in [4.78, 5) is 29.8. The smallest absolute Gasteiger partial charge is 0.240 e. The van der Waals surface area contributed by atoms with E-state index in [1.165, 1.54) is 22.7 Å². The highest BCUT2D eigenvalue weighted by Gasteiger charge is 2.30. The zero-order valence-electron chi connectivity index (χ0n) is 16.4. The van der Waals surface area contributed by atoms with Gasteiger partial charge in [-0.25, -0.2) is 4.39 Å². The molecule has 2 heterocycles. The fourth-order valence-corrected chi connectivity index (χ4v) is 5.26. The molecule has 30 heavy (non-hydrogen) atoms. The highest BCUT2D eigenvalue weighted by Crippen LogP contribution is 2.35. The van der Waals surface area contributed by atoms with Crippen LogP contribution in [0, 0.1) is 5.82 Å². The number of likely N-dealkylation sites (tertiary alicyclic amines) is 1. The maximum absolute atomic E-state index is 14.6. The molecule has 0 spiro atoms. The second-order valence-corrected chi connectivity index (χ2v) is 8.86. The molecule has 2 aromatic carbocycles. The molecule has 1 fully saturated rings. The number of nitrogens with zero attached hydrogens (tertiary/aromatic N) is 2. The van der Waals surface area contributed by atoms with Crippen LogP contribution in [0.1, 0.15) is 24.4 Å². The molecule has 0 radical (unpaired) electrons. The maximum atomic E-state index is 14.6. The van der Waals surface area contributed by atoms with E-state index in [0.717, 1.165) is 36.5 Å². The van der Waals surface area contributed by atoms with Crippen molar-refractivity contribution in [3.63, 3.8) is 0 Å². The average molecular weight is 448 g/mol. The van der Waals surface area contributed by atoms with Gasteiger partial charge in [-0.15, -0.1) is 11.8 Å². The average Bonchev–Trinajstić information content (AvgIpc) is 3.27. The summed E-state index contributed by atoms with van der Waals surface area (Å²) in [5.74, 6) is -0.430. The van der Waals surface area contributed by atoms with Crippen molar-refractivity contribution in [3.8, 4) is 0 Å². The van der Waals surface area contributed by atoms with Crippen molar-refractivity contribution in [1.82, 2.24) is 10.2 Å². The molecule has 4 rings (SSSR count). The van der Waals surface area contributed by atoms with Gasteiger partial charge in [-0.3, -0.25) is 14.5 Å². The van der Waals surface area contributed by atoms with Crippen molar-refractivity contribution in [2.75, 3.05) is 36.8 Å². The summed E-state index contributed by atoms with van der Waals surface area (Å²) in [6, 6.07) is 11.9. The van der Waals surface area contributed by atoms with Crippen LogP contribution in [0.3, 0.4) is 0 Å². The normalized spacial score (nSPS) is 17.7. The minimum atomic E-state index is -0.370. The number of carbonyl (C=O) groups is 2. The molecular formula is C22H23ClFN3O2S. The summed E-state index contributed by atoms with van der Waals surface area (Å²) < 4.78 is 14.6. The van der Waals surface area contributed by atoms with E-state index in [2.05, 4.69) is 10.2 Å². The Hall–Kier alpha value is -2.09. The Balaban J connectivity index is 1.48. The summed E-state index contributed by atoms with van der Waals surface area (Å²) in [6.45, 7) is 1.84. The number of hydrogen-bond acceptors (Lipinski definition) is 4. The predicted molar refractivity (Wildman–Crippen MR) is 117 cm³/mol. The van der Waals surface area contributed by atoms with E-state index in [4.69, 9.17) is 11.6 Å². The number of halogens is 2. The quantitative estimate of drug-likeness (QED) is 0.730. The van der Waals surface area contributed by atoms with Gasteiger partial charge in [0, 0.05) is 22.0 Å². The van der Waals surface area contributed by atoms with Gasteiger partial charge in [0.25, 0.3) is 0 Å². The maximum Gasteiger partial charge on any atom is 0.240 e. The Labute approximate surface area is 184 Å². The van der Waals surface area contributed by atoms with E-state index < -0.39 is 0 Å². The first-order chi connectivity index (χ1) is 14.5. The minimum absolute atomic E-state index is 0.0614. The zero-order chi connectivity index (χ0) is 21.1. The molecule has 8 heteroatoms. The largest absolute Gasteiger partial charge is 0.353 e. The molecular weight excluding hydrogens is 425 g/mol. The van der Waals surface area contributed by atoms with Gasteiger partial charge in [-0.2, -0.15) is 0 Å². The third-order valence-corrected chi connectivity index (χ3v) is 6.89. The molecule has 1 unspecified atom stereocenters. The van der Waals surface area contributed by atoms with Crippen LogP contribution in [0.4, 0.5) is 10.1 Å². The van der Waals surface area contributed by atoms with Gasteiger partial charge in [-0.1, -0.05) is 29.8 Å². The number of amides is 2. The first kappa shape index (κ1) is 21.2. The van der Waals surface area contributed by atoms with Crippen LogP contribution in [-0.2, 0) is 9.59 Å². The van der Waals surface area contributed by atoms with Crippen LogP contribution in [0.15, 0.2) is 47.4 Å². The summed E-state index contributed by atoms with van der Waals surface area (Å²) >= 11 is 7.79. The number of thioether (sulfide) groups is 1. The van der Waals surface area contributed by atoms with E-state index in [0.29, 0.717) is 16.3 Å². The van der Waals surface area contributed by atoms with Gasteiger partial charge in [-0.05, 0) is 50.2 Å². The SMILES string of the molecule is O=C(CN1C(=O)CSc2ccccc21)NCC(c1c(F)cccc1Cl)N1CCCC1. The second-order valence-electron chi connectivity index (χ2n) is 7.43. The molecule has 5 nitrogen and oxygen atoms in total. The van der Waals surface area contributed by atoms with E-state index in [9.17, 15) is 14.0 Å². The third kappa shape index (κ3) is 4.48. The Morgan fingerprint density at radius 1 is 1.17 bits per heavy atom. The van der Waals surface area contributed by atoms with Crippen LogP contribution in [0.25, 0.3) is 0 Å². The van der Waals surface area contributed by atoms with Crippen molar-refractivity contribution < 1.29 is 14.0 Å². The summed E-state index contributed by atoms with van der Waals surface area (Å²) in [6.07, 6.45) is 2.07. The molecule has 1 atom stereocenters. The van der Waals surface area contributed by atoms with Crippen molar-refractivity contribution in [3.05, 3.63) is 58.9 Å². The van der Waals surface area contributed by atoms with Gasteiger partial charge in [0.2, 0.25) is 11.8 Å². The Morgan fingerprint density at radius 3 is 2.70 bits per heavy atom. The summed E-state index contributed by atoms with van der Waals surface area (Å²) in [5.41, 5.74) is 1.17. The molecule has 2 amide bonds. The molecule has 0 aromatic heterocycles. The van der Waals surface area contributed by atoms with Gasteiger partial charge in [0.05, 0.1) is 17.5 Å².